The first-order valence-electron chi connectivity index (χ1n) is 8.82. The number of hydrogen-bond acceptors (Lipinski definition) is 3. The molecule has 0 amide bonds. The van der Waals surface area contributed by atoms with Crippen molar-refractivity contribution in [2.24, 2.45) is 10.2 Å². The smallest absolute Gasteiger partial charge is 0.0991 e. The molecule has 0 aliphatic heterocycles. The monoisotopic (exact) mass is 319 g/mol. The Labute approximate surface area is 145 Å². The van der Waals surface area contributed by atoms with Crippen LogP contribution in [0.25, 0.3) is 0 Å². The highest BCUT2D eigenvalue weighted by Crippen LogP contribution is 2.20. The number of aryl methyl sites for hydroxylation is 1. The van der Waals surface area contributed by atoms with Crippen molar-refractivity contribution >= 4 is 11.4 Å². The van der Waals surface area contributed by atoms with Crippen molar-refractivity contribution in [2.45, 2.75) is 51.9 Å². The Balaban J connectivity index is 1.78. The molecule has 0 radical (unpaired) electrons. The van der Waals surface area contributed by atoms with E-state index < -0.39 is 0 Å². The van der Waals surface area contributed by atoms with Gasteiger partial charge < -0.3 is 0 Å². The van der Waals surface area contributed by atoms with Crippen molar-refractivity contribution in [3.63, 3.8) is 0 Å². The number of azo groups is 1. The number of benzene rings is 2. The quantitative estimate of drug-likeness (QED) is 0.367. The standard InChI is InChI=1S/C21H25N3/c1-2-3-4-5-6-7-8-18-9-13-20(14-10-18)23-24-21-15-11-19(17-22)12-16-21/h9-16H,2-8H2,1H3/b24-23+. The highest BCUT2D eigenvalue weighted by molar-refractivity contribution is 5.44. The van der Waals surface area contributed by atoms with Gasteiger partial charge in [-0.05, 0) is 54.8 Å². The lowest BCUT2D eigenvalue weighted by atomic mass is 10.0. The van der Waals surface area contributed by atoms with E-state index in [0.29, 0.717) is 5.56 Å². The summed E-state index contributed by atoms with van der Waals surface area (Å²) in [6, 6.07) is 17.5. The highest BCUT2D eigenvalue weighted by atomic mass is 15.1. The second-order valence-corrected chi connectivity index (χ2v) is 6.04. The van der Waals surface area contributed by atoms with Crippen LogP contribution in [0.5, 0.6) is 0 Å². The van der Waals surface area contributed by atoms with Crippen LogP contribution in [0.15, 0.2) is 58.8 Å². The van der Waals surface area contributed by atoms with E-state index in [1.54, 1.807) is 24.3 Å². The normalized spacial score (nSPS) is 10.8. The Kier molecular flexibility index (Phi) is 7.70. The molecule has 124 valence electrons. The Bertz CT molecular complexity index is 664. The Morgan fingerprint density at radius 3 is 1.88 bits per heavy atom. The summed E-state index contributed by atoms with van der Waals surface area (Å²) in [5.41, 5.74) is 3.60. The van der Waals surface area contributed by atoms with E-state index in [1.807, 2.05) is 12.1 Å². The summed E-state index contributed by atoms with van der Waals surface area (Å²) in [5.74, 6) is 0. The van der Waals surface area contributed by atoms with Crippen LogP contribution in [-0.4, -0.2) is 0 Å². The summed E-state index contributed by atoms with van der Waals surface area (Å²) in [7, 11) is 0. The summed E-state index contributed by atoms with van der Waals surface area (Å²) in [6.45, 7) is 2.25. The first kappa shape index (κ1) is 17.9. The van der Waals surface area contributed by atoms with Crippen molar-refractivity contribution in [1.29, 1.82) is 5.26 Å². The third-order valence-electron chi connectivity index (χ3n) is 4.03. The average Bonchev–Trinajstić information content (AvgIpc) is 2.64. The molecule has 0 aromatic heterocycles. The van der Waals surface area contributed by atoms with Crippen LogP contribution < -0.4 is 0 Å². The number of rotatable bonds is 9. The van der Waals surface area contributed by atoms with Crippen molar-refractivity contribution in [3.8, 4) is 6.07 Å². The molecule has 2 aromatic rings. The zero-order valence-corrected chi connectivity index (χ0v) is 14.4. The zero-order chi connectivity index (χ0) is 17.0. The van der Waals surface area contributed by atoms with Gasteiger partial charge in [0.05, 0.1) is 23.0 Å². The van der Waals surface area contributed by atoms with Gasteiger partial charge in [0, 0.05) is 0 Å². The SMILES string of the molecule is CCCCCCCCc1ccc(/N=N/c2ccc(C#N)cc2)cc1. The predicted octanol–water partition coefficient (Wildman–Crippen LogP) is 6.88. The van der Waals surface area contributed by atoms with Crippen molar-refractivity contribution in [1.82, 2.24) is 0 Å². The molecule has 0 N–H and O–H groups in total. The largest absolute Gasteiger partial charge is 0.192 e. The van der Waals surface area contributed by atoms with Crippen molar-refractivity contribution < 1.29 is 0 Å². The van der Waals surface area contributed by atoms with Crippen molar-refractivity contribution in [2.75, 3.05) is 0 Å². The zero-order valence-electron chi connectivity index (χ0n) is 14.4. The van der Waals surface area contributed by atoms with Crippen LogP contribution in [0.3, 0.4) is 0 Å². The van der Waals surface area contributed by atoms with Crippen LogP contribution in [0, 0.1) is 11.3 Å². The lowest BCUT2D eigenvalue weighted by Crippen LogP contribution is -1.85. The van der Waals surface area contributed by atoms with Gasteiger partial charge in [-0.25, -0.2) is 0 Å². The second-order valence-electron chi connectivity index (χ2n) is 6.04. The maximum atomic E-state index is 8.77. The maximum Gasteiger partial charge on any atom is 0.0991 e. The van der Waals surface area contributed by atoms with Gasteiger partial charge in [-0.1, -0.05) is 51.2 Å². The lowest BCUT2D eigenvalue weighted by Gasteiger charge is -2.02. The Morgan fingerprint density at radius 2 is 1.29 bits per heavy atom. The molecule has 0 atom stereocenters. The summed E-state index contributed by atoms with van der Waals surface area (Å²) in [5, 5.41) is 17.2. The van der Waals surface area contributed by atoms with Crippen LogP contribution in [0.1, 0.15) is 56.6 Å². The van der Waals surface area contributed by atoms with Crippen LogP contribution in [-0.2, 0) is 6.42 Å². The van der Waals surface area contributed by atoms with Crippen LogP contribution >= 0.6 is 0 Å². The van der Waals surface area contributed by atoms with Crippen LogP contribution in [0.4, 0.5) is 11.4 Å². The molecule has 0 spiro atoms. The Morgan fingerprint density at radius 1 is 0.750 bits per heavy atom. The predicted molar refractivity (Wildman–Crippen MR) is 98.9 cm³/mol. The molecule has 0 unspecified atom stereocenters. The summed E-state index contributed by atoms with van der Waals surface area (Å²) in [4.78, 5) is 0. The Hall–Kier alpha value is -2.47. The molecule has 0 bridgehead atoms. The average molecular weight is 319 g/mol. The van der Waals surface area contributed by atoms with Gasteiger partial charge in [-0.2, -0.15) is 15.5 Å². The van der Waals surface area contributed by atoms with Gasteiger partial charge in [0.2, 0.25) is 0 Å². The van der Waals surface area contributed by atoms with Gasteiger partial charge in [0.1, 0.15) is 0 Å². The van der Waals surface area contributed by atoms with E-state index in [-0.39, 0.29) is 0 Å². The van der Waals surface area contributed by atoms with E-state index in [1.165, 1.54) is 44.1 Å². The first-order valence-corrected chi connectivity index (χ1v) is 8.82. The molecule has 0 saturated carbocycles. The minimum atomic E-state index is 0.632. The third kappa shape index (κ3) is 6.34. The molecule has 0 saturated heterocycles. The first-order chi connectivity index (χ1) is 11.8. The molecule has 0 heterocycles. The molecule has 24 heavy (non-hydrogen) atoms. The van der Waals surface area contributed by atoms with Gasteiger partial charge >= 0.3 is 0 Å². The maximum absolute atomic E-state index is 8.77. The van der Waals surface area contributed by atoms with Gasteiger partial charge in [-0.3, -0.25) is 0 Å². The number of unbranched alkanes of at least 4 members (excludes halogenated alkanes) is 5. The third-order valence-corrected chi connectivity index (χ3v) is 4.03. The van der Waals surface area contributed by atoms with E-state index in [2.05, 4.69) is 35.4 Å². The van der Waals surface area contributed by atoms with Gasteiger partial charge in [0.25, 0.3) is 0 Å². The second kappa shape index (κ2) is 10.3. The fraction of sp³-hybridized carbons (Fsp3) is 0.381. The molecular weight excluding hydrogens is 294 g/mol. The van der Waals surface area contributed by atoms with Gasteiger partial charge in [0.15, 0.2) is 0 Å². The molecule has 2 aromatic carbocycles. The van der Waals surface area contributed by atoms with E-state index in [4.69, 9.17) is 5.26 Å². The molecule has 0 aliphatic rings. The fourth-order valence-corrected chi connectivity index (χ4v) is 2.56. The van der Waals surface area contributed by atoms with Gasteiger partial charge in [-0.15, -0.1) is 0 Å². The van der Waals surface area contributed by atoms with Crippen molar-refractivity contribution in [3.05, 3.63) is 59.7 Å². The number of nitrogens with zero attached hydrogens (tertiary/aromatic N) is 3. The lowest BCUT2D eigenvalue weighted by molar-refractivity contribution is 0.607. The summed E-state index contributed by atoms with van der Waals surface area (Å²) < 4.78 is 0. The highest BCUT2D eigenvalue weighted by Gasteiger charge is 1.96. The van der Waals surface area contributed by atoms with Crippen LogP contribution in [0.2, 0.25) is 0 Å². The fourth-order valence-electron chi connectivity index (χ4n) is 2.56. The minimum absolute atomic E-state index is 0.632. The molecular formula is C21H25N3. The van der Waals surface area contributed by atoms with E-state index in [0.717, 1.165) is 17.8 Å². The number of nitriles is 1. The summed E-state index contributed by atoms with van der Waals surface area (Å²) in [6.07, 6.45) is 9.10. The molecule has 3 nitrogen and oxygen atoms in total. The molecule has 0 aliphatic carbocycles. The molecule has 0 fully saturated rings. The minimum Gasteiger partial charge on any atom is -0.192 e. The van der Waals surface area contributed by atoms with E-state index in [9.17, 15) is 0 Å². The molecule has 2 rings (SSSR count). The summed E-state index contributed by atoms with van der Waals surface area (Å²) >= 11 is 0. The number of hydrogen-bond donors (Lipinski definition) is 0. The molecule has 3 heteroatoms. The van der Waals surface area contributed by atoms with E-state index >= 15 is 0 Å². The topological polar surface area (TPSA) is 48.5 Å².